The van der Waals surface area contributed by atoms with E-state index in [1.165, 1.54) is 24.0 Å². The number of carbonyl (C=O) groups is 1. The Morgan fingerprint density at radius 2 is 2.08 bits per heavy atom. The molecule has 1 atom stereocenters. The number of nitrogens with one attached hydrogen (secondary N) is 1. The lowest BCUT2D eigenvalue weighted by atomic mass is 10.2. The Labute approximate surface area is 164 Å². The fourth-order valence-corrected chi connectivity index (χ4v) is 3.37. The van der Waals surface area contributed by atoms with Crippen LogP contribution in [0.1, 0.15) is 12.5 Å². The maximum Gasteiger partial charge on any atom is 0.238 e. The Bertz CT molecular complexity index is 948. The second-order valence-electron chi connectivity index (χ2n) is 5.39. The second-order valence-corrected chi connectivity index (χ2v) is 7.54. The highest BCUT2D eigenvalue weighted by molar-refractivity contribution is 8.00. The zero-order valence-electron chi connectivity index (χ0n) is 13.8. The minimum Gasteiger partial charge on any atom is -0.308 e. The number of amides is 1. The Morgan fingerprint density at radius 1 is 1.31 bits per heavy atom. The van der Waals surface area contributed by atoms with Gasteiger partial charge in [-0.15, -0.1) is 5.10 Å². The number of halogens is 2. The lowest BCUT2D eigenvalue weighted by Crippen LogP contribution is -2.23. The second kappa shape index (κ2) is 8.03. The number of carbonyl (C=O) groups excluding carboxylic acids is 1. The molecule has 0 aliphatic heterocycles. The van der Waals surface area contributed by atoms with Crippen LogP contribution in [-0.4, -0.2) is 36.3 Å². The molecular formula is C16H14Cl2N6OS. The van der Waals surface area contributed by atoms with Crippen molar-refractivity contribution in [1.29, 1.82) is 0 Å². The lowest BCUT2D eigenvalue weighted by Gasteiger charge is -2.12. The summed E-state index contributed by atoms with van der Waals surface area (Å²) in [5.74, 6) is -0.0157. The van der Waals surface area contributed by atoms with Crippen molar-refractivity contribution < 1.29 is 4.79 Å². The molecule has 0 saturated carbocycles. The first kappa shape index (κ1) is 18.6. The number of nitrogens with zero attached hydrogens (tertiary/aromatic N) is 5. The number of tetrazole rings is 1. The van der Waals surface area contributed by atoms with Crippen molar-refractivity contribution in [2.24, 2.45) is 0 Å². The van der Waals surface area contributed by atoms with Gasteiger partial charge in [-0.1, -0.05) is 53.2 Å². The average molecular weight is 409 g/mol. The van der Waals surface area contributed by atoms with E-state index >= 15 is 0 Å². The zero-order chi connectivity index (χ0) is 18.7. The summed E-state index contributed by atoms with van der Waals surface area (Å²) in [6.45, 7) is 3.72. The highest BCUT2D eigenvalue weighted by Gasteiger charge is 2.21. The maximum absolute atomic E-state index is 12.4. The molecule has 0 saturated heterocycles. The number of hydrogen-bond acceptors (Lipinski definition) is 6. The third-order valence-electron chi connectivity index (χ3n) is 3.49. The van der Waals surface area contributed by atoms with Crippen LogP contribution in [0.3, 0.4) is 0 Å². The molecule has 1 N–H and O–H groups in total. The summed E-state index contributed by atoms with van der Waals surface area (Å²) in [5.41, 5.74) is 1.88. The van der Waals surface area contributed by atoms with Crippen molar-refractivity contribution >= 4 is 46.7 Å². The number of benzene rings is 1. The molecule has 0 aliphatic rings. The lowest BCUT2D eigenvalue weighted by molar-refractivity contribution is -0.115. The van der Waals surface area contributed by atoms with Gasteiger partial charge in [0, 0.05) is 6.20 Å². The fraction of sp³-hybridized carbons (Fsp3) is 0.188. The van der Waals surface area contributed by atoms with Crippen LogP contribution in [0, 0.1) is 6.92 Å². The molecule has 2 aromatic heterocycles. The quantitative estimate of drug-likeness (QED) is 0.646. The summed E-state index contributed by atoms with van der Waals surface area (Å²) in [5, 5.41) is 15.1. The van der Waals surface area contributed by atoms with Gasteiger partial charge in [-0.2, -0.15) is 4.68 Å². The van der Waals surface area contributed by atoms with Crippen molar-refractivity contribution in [2.75, 3.05) is 5.32 Å². The molecule has 3 aromatic rings. The van der Waals surface area contributed by atoms with E-state index in [-0.39, 0.29) is 16.7 Å². The van der Waals surface area contributed by atoms with Crippen molar-refractivity contribution in [1.82, 2.24) is 25.2 Å². The molecule has 0 unspecified atom stereocenters. The smallest absolute Gasteiger partial charge is 0.238 e. The SMILES string of the molecule is Cc1ccccc1-n1nnnc1S[C@@H](C)C(=O)Nc1ncc(Cl)cc1Cl. The van der Waals surface area contributed by atoms with Gasteiger partial charge in [0.05, 0.1) is 21.0 Å². The Balaban J connectivity index is 1.74. The first-order valence-electron chi connectivity index (χ1n) is 7.58. The number of anilines is 1. The van der Waals surface area contributed by atoms with Gasteiger partial charge in [0.15, 0.2) is 5.82 Å². The first-order valence-corrected chi connectivity index (χ1v) is 9.22. The average Bonchev–Trinajstić information content (AvgIpc) is 3.05. The molecule has 0 fully saturated rings. The topological polar surface area (TPSA) is 85.6 Å². The maximum atomic E-state index is 12.4. The van der Waals surface area contributed by atoms with Gasteiger partial charge in [-0.25, -0.2) is 4.98 Å². The number of thioether (sulfide) groups is 1. The van der Waals surface area contributed by atoms with E-state index < -0.39 is 5.25 Å². The van der Waals surface area contributed by atoms with Crippen LogP contribution in [0.15, 0.2) is 41.7 Å². The van der Waals surface area contributed by atoms with Gasteiger partial charge >= 0.3 is 0 Å². The van der Waals surface area contributed by atoms with Crippen LogP contribution in [0.5, 0.6) is 0 Å². The fourth-order valence-electron chi connectivity index (χ4n) is 2.14. The summed E-state index contributed by atoms with van der Waals surface area (Å²) in [6, 6.07) is 9.24. The van der Waals surface area contributed by atoms with Crippen LogP contribution < -0.4 is 5.32 Å². The summed E-state index contributed by atoms with van der Waals surface area (Å²) in [7, 11) is 0. The number of para-hydroxylation sites is 1. The van der Waals surface area contributed by atoms with Gasteiger partial charge in [-0.05, 0) is 42.0 Å². The molecule has 0 spiro atoms. The monoisotopic (exact) mass is 408 g/mol. The van der Waals surface area contributed by atoms with E-state index in [1.807, 2.05) is 31.2 Å². The van der Waals surface area contributed by atoms with Crippen molar-refractivity contribution in [3.63, 3.8) is 0 Å². The highest BCUT2D eigenvalue weighted by Crippen LogP contribution is 2.27. The molecule has 0 radical (unpaired) electrons. The van der Waals surface area contributed by atoms with Crippen LogP contribution in [0.2, 0.25) is 10.0 Å². The van der Waals surface area contributed by atoms with Crippen LogP contribution in [0.4, 0.5) is 5.82 Å². The summed E-state index contributed by atoms with van der Waals surface area (Å²) in [6.07, 6.45) is 1.42. The zero-order valence-corrected chi connectivity index (χ0v) is 16.2. The number of pyridine rings is 1. The molecule has 10 heteroatoms. The van der Waals surface area contributed by atoms with E-state index in [0.29, 0.717) is 10.2 Å². The Kier molecular flexibility index (Phi) is 5.75. The van der Waals surface area contributed by atoms with E-state index in [0.717, 1.165) is 11.3 Å². The number of aromatic nitrogens is 5. The molecule has 7 nitrogen and oxygen atoms in total. The van der Waals surface area contributed by atoms with E-state index in [9.17, 15) is 4.79 Å². The van der Waals surface area contributed by atoms with E-state index in [4.69, 9.17) is 23.2 Å². The Morgan fingerprint density at radius 3 is 2.81 bits per heavy atom. The molecular weight excluding hydrogens is 395 g/mol. The molecule has 1 amide bonds. The predicted octanol–water partition coefficient (Wildman–Crippen LogP) is 3.79. The van der Waals surface area contributed by atoms with Gasteiger partial charge in [0.1, 0.15) is 0 Å². The molecule has 3 rings (SSSR count). The minimum absolute atomic E-state index is 0.256. The third-order valence-corrected chi connectivity index (χ3v) is 5.01. The van der Waals surface area contributed by atoms with Gasteiger partial charge in [0.2, 0.25) is 11.1 Å². The van der Waals surface area contributed by atoms with Crippen molar-refractivity contribution in [3.8, 4) is 5.69 Å². The molecule has 0 aliphatic carbocycles. The van der Waals surface area contributed by atoms with Gasteiger partial charge in [0.25, 0.3) is 0 Å². The summed E-state index contributed by atoms with van der Waals surface area (Å²) < 4.78 is 1.61. The van der Waals surface area contributed by atoms with E-state index in [1.54, 1.807) is 11.6 Å². The minimum atomic E-state index is -0.475. The highest BCUT2D eigenvalue weighted by atomic mass is 35.5. The molecule has 1 aromatic carbocycles. The number of hydrogen-bond donors (Lipinski definition) is 1. The third kappa shape index (κ3) is 4.14. The molecule has 0 bridgehead atoms. The summed E-state index contributed by atoms with van der Waals surface area (Å²) in [4.78, 5) is 16.5. The number of aryl methyl sites for hydroxylation is 1. The summed E-state index contributed by atoms with van der Waals surface area (Å²) >= 11 is 13.1. The predicted molar refractivity (Wildman–Crippen MR) is 102 cm³/mol. The normalized spacial score (nSPS) is 12.0. The Hall–Kier alpha value is -2.16. The van der Waals surface area contributed by atoms with Crippen molar-refractivity contribution in [2.45, 2.75) is 24.3 Å². The van der Waals surface area contributed by atoms with Crippen molar-refractivity contribution in [3.05, 3.63) is 52.1 Å². The van der Waals surface area contributed by atoms with Crippen LogP contribution in [-0.2, 0) is 4.79 Å². The van der Waals surface area contributed by atoms with Crippen LogP contribution in [0.25, 0.3) is 5.69 Å². The van der Waals surface area contributed by atoms with E-state index in [2.05, 4.69) is 25.8 Å². The molecule has 26 heavy (non-hydrogen) atoms. The van der Waals surface area contributed by atoms with Gasteiger partial charge in [-0.3, -0.25) is 4.79 Å². The van der Waals surface area contributed by atoms with Gasteiger partial charge < -0.3 is 5.32 Å². The molecule has 2 heterocycles. The van der Waals surface area contributed by atoms with Crippen LogP contribution >= 0.6 is 35.0 Å². The largest absolute Gasteiger partial charge is 0.308 e. The molecule has 134 valence electrons. The number of rotatable bonds is 5. The standard InChI is InChI=1S/C16H14Cl2N6OS/c1-9-5-3-4-6-13(9)24-16(21-22-23-24)26-10(2)15(25)20-14-12(18)7-11(17)8-19-14/h3-8,10H,1-2H3,(H,19,20,25)/t10-/m0/s1. The first-order chi connectivity index (χ1) is 12.5.